The van der Waals surface area contributed by atoms with Crippen LogP contribution in [0.4, 0.5) is 17.1 Å². The van der Waals surface area contributed by atoms with Crippen LogP contribution in [0.15, 0.2) is 84.9 Å². The Hall–Kier alpha value is -3.69. The Morgan fingerprint density at radius 2 is 1.70 bits per heavy atom. The molecule has 8 nitrogen and oxygen atoms in total. The highest BCUT2D eigenvalue weighted by atomic mass is 35.5. The number of aliphatic hydroxyl groups is 2. The second kappa shape index (κ2) is 11.8. The molecule has 224 valence electrons. The van der Waals surface area contributed by atoms with Crippen molar-refractivity contribution in [1.82, 2.24) is 5.32 Å². The normalized spacial score (nSPS) is 22.2. The number of hydrogen-bond acceptors (Lipinski definition) is 6. The molecule has 2 amide bonds. The summed E-state index contributed by atoms with van der Waals surface area (Å²) in [6.45, 7) is 4.08. The molecule has 0 bridgehead atoms. The van der Waals surface area contributed by atoms with Crippen molar-refractivity contribution in [2.75, 3.05) is 41.1 Å². The summed E-state index contributed by atoms with van der Waals surface area (Å²) in [5, 5.41) is 24.8. The van der Waals surface area contributed by atoms with E-state index in [0.29, 0.717) is 29.4 Å². The summed E-state index contributed by atoms with van der Waals surface area (Å²) in [5.41, 5.74) is 1.45. The van der Waals surface area contributed by atoms with Gasteiger partial charge in [0.2, 0.25) is 0 Å². The first-order chi connectivity index (χ1) is 20.8. The molecule has 9 heteroatoms. The van der Waals surface area contributed by atoms with E-state index in [9.17, 15) is 14.7 Å². The smallest absolute Gasteiger partial charge is 0.264 e. The highest BCUT2D eigenvalue weighted by molar-refractivity contribution is 6.31. The zero-order valence-corrected chi connectivity index (χ0v) is 25.0. The van der Waals surface area contributed by atoms with Gasteiger partial charge in [0.25, 0.3) is 11.8 Å². The lowest BCUT2D eigenvalue weighted by molar-refractivity contribution is -0.139. The van der Waals surface area contributed by atoms with Crippen LogP contribution in [-0.4, -0.2) is 53.9 Å². The number of para-hydroxylation sites is 1. The van der Waals surface area contributed by atoms with Crippen LogP contribution in [0.5, 0.6) is 0 Å². The first kappa shape index (κ1) is 29.4. The molecule has 3 aliphatic rings. The average molecular weight is 601 g/mol. The average Bonchev–Trinajstić information content (AvgIpc) is 3.42. The van der Waals surface area contributed by atoms with Gasteiger partial charge in [-0.2, -0.15) is 0 Å². The highest BCUT2D eigenvalue weighted by Crippen LogP contribution is 2.47. The molecule has 2 fully saturated rings. The standard InChI is InChI=1S/C34H37ClN4O4/c1-24(7-5-6-20-40)34(43)29-21-26(35)12-15-30(29)37(32(34)42)22-25-10-13-27(14-11-25)38-23-39(28-8-3-2-4-9-28)33(31(38)41)16-18-36-19-17-33/h2-5,7-15,21,24,36,40,43H,6,16-20,22-23H2,1H3/b7-5+/t24-,34+/m0/s1. The Morgan fingerprint density at radius 3 is 2.40 bits per heavy atom. The number of nitrogens with zero attached hydrogens (tertiary/aromatic N) is 3. The molecule has 3 heterocycles. The number of fused-ring (bicyclic) bond motifs is 1. The number of carbonyl (C=O) groups is 2. The SMILES string of the molecule is C[C@@H](/C=C/CCO)[C@]1(O)C(=O)N(Cc2ccc(N3CN(c4ccccc4)C4(CCNCC4)C3=O)cc2)c2ccc(Cl)cc21. The molecule has 0 saturated carbocycles. The number of aliphatic hydroxyl groups excluding tert-OH is 1. The fourth-order valence-electron chi connectivity index (χ4n) is 6.72. The molecule has 3 aromatic rings. The first-order valence-electron chi connectivity index (χ1n) is 14.9. The van der Waals surface area contributed by atoms with Crippen LogP contribution in [0, 0.1) is 5.92 Å². The maximum atomic E-state index is 14.0. The number of benzene rings is 3. The molecule has 0 aromatic heterocycles. The minimum Gasteiger partial charge on any atom is -0.396 e. The number of carbonyl (C=O) groups excluding carboxylic acids is 2. The number of hydrogen-bond donors (Lipinski definition) is 3. The predicted octanol–water partition coefficient (Wildman–Crippen LogP) is 4.58. The van der Waals surface area contributed by atoms with Gasteiger partial charge in [-0.15, -0.1) is 0 Å². The Bertz CT molecular complexity index is 1520. The van der Waals surface area contributed by atoms with E-state index in [-0.39, 0.29) is 19.1 Å². The Kier molecular flexibility index (Phi) is 8.04. The van der Waals surface area contributed by atoms with E-state index in [1.807, 2.05) is 47.4 Å². The van der Waals surface area contributed by atoms with Gasteiger partial charge in [-0.3, -0.25) is 14.5 Å². The topological polar surface area (TPSA) is 96.3 Å². The summed E-state index contributed by atoms with van der Waals surface area (Å²) in [5.74, 6) is -0.845. The summed E-state index contributed by atoms with van der Waals surface area (Å²) in [6.07, 6.45) is 5.46. The quantitative estimate of drug-likeness (QED) is 0.328. The van der Waals surface area contributed by atoms with Gasteiger partial charge in [-0.1, -0.05) is 61.0 Å². The van der Waals surface area contributed by atoms with Gasteiger partial charge >= 0.3 is 0 Å². The number of nitrogens with one attached hydrogen (secondary N) is 1. The van der Waals surface area contributed by atoms with E-state index in [2.05, 4.69) is 22.3 Å². The number of piperidine rings is 1. The minimum absolute atomic E-state index is 0.00830. The van der Waals surface area contributed by atoms with E-state index in [1.54, 1.807) is 42.2 Å². The molecule has 3 aliphatic heterocycles. The molecular weight excluding hydrogens is 564 g/mol. The van der Waals surface area contributed by atoms with Gasteiger partial charge in [-0.25, -0.2) is 0 Å². The molecular formula is C34H37ClN4O4. The van der Waals surface area contributed by atoms with Crippen LogP contribution in [0.3, 0.4) is 0 Å². The lowest BCUT2D eigenvalue weighted by Gasteiger charge is -2.39. The van der Waals surface area contributed by atoms with Crippen LogP contribution >= 0.6 is 11.6 Å². The van der Waals surface area contributed by atoms with Crippen LogP contribution in [0.25, 0.3) is 0 Å². The fraction of sp³-hybridized carbons (Fsp3) is 0.353. The maximum Gasteiger partial charge on any atom is 0.264 e. The Balaban J connectivity index is 1.26. The first-order valence-corrected chi connectivity index (χ1v) is 15.2. The second-order valence-corrected chi connectivity index (χ2v) is 12.1. The summed E-state index contributed by atoms with van der Waals surface area (Å²) < 4.78 is 0. The van der Waals surface area contributed by atoms with Gasteiger partial charge in [0.05, 0.1) is 18.9 Å². The summed E-state index contributed by atoms with van der Waals surface area (Å²) >= 11 is 6.30. The van der Waals surface area contributed by atoms with Gasteiger partial charge in [-0.05, 0) is 80.4 Å². The monoisotopic (exact) mass is 600 g/mol. The summed E-state index contributed by atoms with van der Waals surface area (Å²) in [7, 11) is 0. The van der Waals surface area contributed by atoms with E-state index in [1.165, 1.54) is 0 Å². The lowest BCUT2D eigenvalue weighted by atomic mass is 9.83. The molecule has 2 atom stereocenters. The van der Waals surface area contributed by atoms with E-state index in [4.69, 9.17) is 16.7 Å². The highest BCUT2D eigenvalue weighted by Gasteiger charge is 2.54. The Morgan fingerprint density at radius 1 is 0.977 bits per heavy atom. The van der Waals surface area contributed by atoms with Crippen LogP contribution in [0.1, 0.15) is 37.3 Å². The lowest BCUT2D eigenvalue weighted by Crippen LogP contribution is -2.55. The fourth-order valence-corrected chi connectivity index (χ4v) is 6.89. The van der Waals surface area contributed by atoms with Crippen LogP contribution < -0.4 is 20.0 Å². The van der Waals surface area contributed by atoms with Crippen molar-refractivity contribution in [3.05, 3.63) is 101 Å². The second-order valence-electron chi connectivity index (χ2n) is 11.6. The van der Waals surface area contributed by atoms with Crippen molar-refractivity contribution in [3.63, 3.8) is 0 Å². The zero-order valence-electron chi connectivity index (χ0n) is 24.2. The molecule has 43 heavy (non-hydrogen) atoms. The minimum atomic E-state index is -1.78. The zero-order chi connectivity index (χ0) is 30.2. The molecule has 0 radical (unpaired) electrons. The third kappa shape index (κ3) is 5.02. The number of anilines is 3. The number of halogens is 1. The molecule has 3 aromatic carbocycles. The molecule has 3 N–H and O–H groups in total. The predicted molar refractivity (Wildman–Crippen MR) is 169 cm³/mol. The molecule has 0 aliphatic carbocycles. The van der Waals surface area contributed by atoms with Gasteiger partial charge in [0.1, 0.15) is 5.54 Å². The third-order valence-corrected chi connectivity index (χ3v) is 9.38. The van der Waals surface area contributed by atoms with Gasteiger partial charge < -0.3 is 25.3 Å². The van der Waals surface area contributed by atoms with E-state index >= 15 is 0 Å². The Labute approximate surface area is 257 Å². The van der Waals surface area contributed by atoms with Gasteiger partial charge in [0.15, 0.2) is 5.60 Å². The van der Waals surface area contributed by atoms with Crippen LogP contribution in [-0.2, 0) is 21.7 Å². The van der Waals surface area contributed by atoms with E-state index < -0.39 is 23.0 Å². The van der Waals surface area contributed by atoms with E-state index in [0.717, 1.165) is 42.9 Å². The molecule has 6 rings (SSSR count). The van der Waals surface area contributed by atoms with Crippen molar-refractivity contribution in [2.45, 2.75) is 43.9 Å². The van der Waals surface area contributed by atoms with Crippen molar-refractivity contribution in [3.8, 4) is 0 Å². The number of rotatable bonds is 8. The van der Waals surface area contributed by atoms with Gasteiger partial charge in [0, 0.05) is 34.5 Å². The van der Waals surface area contributed by atoms with Crippen molar-refractivity contribution < 1.29 is 19.8 Å². The van der Waals surface area contributed by atoms with Crippen molar-refractivity contribution in [2.24, 2.45) is 5.92 Å². The van der Waals surface area contributed by atoms with Crippen LogP contribution in [0.2, 0.25) is 5.02 Å². The number of amides is 2. The summed E-state index contributed by atoms with van der Waals surface area (Å²) in [6, 6.07) is 23.0. The summed E-state index contributed by atoms with van der Waals surface area (Å²) in [4.78, 5) is 33.5. The molecule has 2 saturated heterocycles. The van der Waals surface area contributed by atoms with Crippen molar-refractivity contribution >= 4 is 40.5 Å². The third-order valence-electron chi connectivity index (χ3n) is 9.14. The maximum absolute atomic E-state index is 14.0. The largest absolute Gasteiger partial charge is 0.396 e. The molecule has 0 unspecified atom stereocenters. The molecule has 1 spiro atoms. The van der Waals surface area contributed by atoms with Crippen molar-refractivity contribution in [1.29, 1.82) is 0 Å².